The van der Waals surface area contributed by atoms with Crippen molar-refractivity contribution in [2.75, 3.05) is 49.5 Å². The van der Waals surface area contributed by atoms with Crippen molar-refractivity contribution in [3.8, 4) is 11.1 Å². The van der Waals surface area contributed by atoms with Gasteiger partial charge in [0.1, 0.15) is 11.9 Å². The molecule has 15 heteroatoms. The summed E-state index contributed by atoms with van der Waals surface area (Å²) in [6.45, 7) is 12.3. The van der Waals surface area contributed by atoms with Crippen LogP contribution in [0.5, 0.6) is 0 Å². The Labute approximate surface area is 379 Å². The maximum atomic E-state index is 13.8. The number of nitrogens with zero attached hydrogens (tertiary/aromatic N) is 4. The maximum Gasteiger partial charge on any atom is 0.262 e. The molecule has 5 amide bonds. The van der Waals surface area contributed by atoms with Crippen LogP contribution in [0.25, 0.3) is 11.1 Å². The summed E-state index contributed by atoms with van der Waals surface area (Å²) >= 11 is 0. The quantitative estimate of drug-likeness (QED) is 0.0520. The van der Waals surface area contributed by atoms with E-state index in [2.05, 4.69) is 25.8 Å². The summed E-state index contributed by atoms with van der Waals surface area (Å²) in [5, 5.41) is 16.9. The summed E-state index contributed by atoms with van der Waals surface area (Å²) in [6.07, 6.45) is 8.18. The van der Waals surface area contributed by atoms with Crippen LogP contribution in [0, 0.1) is 5.41 Å². The third kappa shape index (κ3) is 10.7. The Morgan fingerprint density at radius 1 is 0.938 bits per heavy atom. The Hall–Kier alpha value is -6.61. The largest absolute Gasteiger partial charge is 0.382 e. The summed E-state index contributed by atoms with van der Waals surface area (Å²) < 4.78 is 0. The first-order valence-corrected chi connectivity index (χ1v) is 22.6. The van der Waals surface area contributed by atoms with Crippen molar-refractivity contribution >= 4 is 58.8 Å². The van der Waals surface area contributed by atoms with Gasteiger partial charge in [-0.2, -0.15) is 0 Å². The molecular weight excluding hydrogens is 825 g/mol. The van der Waals surface area contributed by atoms with Gasteiger partial charge in [-0.05, 0) is 112 Å². The fourth-order valence-corrected chi connectivity index (χ4v) is 9.21. The Morgan fingerprint density at radius 2 is 1.72 bits per heavy atom. The fraction of sp³-hybridized carbons (Fsp3) is 0.420. The van der Waals surface area contributed by atoms with Gasteiger partial charge in [-0.25, -0.2) is 4.98 Å². The minimum Gasteiger partial charge on any atom is -0.382 e. The molecule has 1 aromatic heterocycles. The van der Waals surface area contributed by atoms with Crippen LogP contribution >= 0.6 is 0 Å². The van der Waals surface area contributed by atoms with Gasteiger partial charge in [0, 0.05) is 106 Å². The van der Waals surface area contributed by atoms with Crippen LogP contribution in [-0.4, -0.2) is 113 Å². The minimum atomic E-state index is -1.01. The van der Waals surface area contributed by atoms with E-state index in [1.165, 1.54) is 6.21 Å². The summed E-state index contributed by atoms with van der Waals surface area (Å²) in [7, 11) is 0. The standard InChI is InChI=1S/C50H58N8O7/c1-30(2)54-40-27-35(26-38(39(40)28-51)42(59)15-13-36-32(4)24-31(3)25-43(36)60)34-12-16-44(53-29-34)57-22-20-56(21-23-57)19-18-52-45(61)11-6-5-8-33-9-7-10-37-47(33)50(65)58(49(37)64)41-14-17-46(62)55-48(41)63/h7,9-10,12,16,24,26-30,41,51,54H,5-6,8,11,13-15,17-23,25H2,1-4H3,(H,52,61)(H,55,62,63). The number of anilines is 2. The van der Waals surface area contributed by atoms with E-state index in [1.807, 2.05) is 64.2 Å². The summed E-state index contributed by atoms with van der Waals surface area (Å²) in [5.74, 6) is -1.36. The monoisotopic (exact) mass is 882 g/mol. The lowest BCUT2D eigenvalue weighted by atomic mass is 9.88. The number of imide groups is 2. The summed E-state index contributed by atoms with van der Waals surface area (Å²) in [5.41, 5.74) is 7.20. The number of fused-ring (bicyclic) bond motifs is 1. The molecule has 1 unspecified atom stereocenters. The summed E-state index contributed by atoms with van der Waals surface area (Å²) in [4.78, 5) is 100. The van der Waals surface area contributed by atoms with Gasteiger partial charge in [0.25, 0.3) is 11.8 Å². The maximum absolute atomic E-state index is 13.8. The second-order valence-corrected chi connectivity index (χ2v) is 17.7. The number of rotatable bonds is 18. The normalized spacial score (nSPS) is 18.0. The van der Waals surface area contributed by atoms with E-state index >= 15 is 0 Å². The van der Waals surface area contributed by atoms with Crippen LogP contribution in [0.1, 0.15) is 121 Å². The molecule has 2 saturated heterocycles. The number of piperazine rings is 1. The number of nitrogens with one attached hydrogen (secondary N) is 4. The zero-order chi connectivity index (χ0) is 46.4. The second kappa shape index (κ2) is 20.5. The number of amides is 5. The van der Waals surface area contributed by atoms with Gasteiger partial charge < -0.3 is 20.9 Å². The van der Waals surface area contributed by atoms with Crippen molar-refractivity contribution in [1.82, 2.24) is 25.4 Å². The lowest BCUT2D eigenvalue weighted by molar-refractivity contribution is -0.136. The van der Waals surface area contributed by atoms with Gasteiger partial charge in [0.15, 0.2) is 11.6 Å². The van der Waals surface area contributed by atoms with Gasteiger partial charge in [-0.1, -0.05) is 23.8 Å². The minimum absolute atomic E-state index is 0.0473. The van der Waals surface area contributed by atoms with Gasteiger partial charge in [-0.3, -0.25) is 48.7 Å². The molecule has 4 aliphatic rings. The molecule has 15 nitrogen and oxygen atoms in total. The van der Waals surface area contributed by atoms with E-state index in [1.54, 1.807) is 18.2 Å². The molecule has 0 saturated carbocycles. The molecule has 2 fully saturated rings. The molecule has 7 rings (SSSR count). The topological polar surface area (TPSA) is 202 Å². The number of ketones is 2. The Kier molecular flexibility index (Phi) is 14.6. The molecule has 0 radical (unpaired) electrons. The highest BCUT2D eigenvalue weighted by Crippen LogP contribution is 2.33. The zero-order valence-electron chi connectivity index (χ0n) is 37.7. The first-order chi connectivity index (χ1) is 31.2. The van der Waals surface area contributed by atoms with Gasteiger partial charge in [0.2, 0.25) is 17.7 Å². The van der Waals surface area contributed by atoms with Crippen molar-refractivity contribution in [2.24, 2.45) is 0 Å². The van der Waals surface area contributed by atoms with Crippen LogP contribution in [0.3, 0.4) is 0 Å². The van der Waals surface area contributed by atoms with E-state index in [-0.39, 0.29) is 48.3 Å². The van der Waals surface area contributed by atoms with Crippen molar-refractivity contribution < 1.29 is 33.6 Å². The van der Waals surface area contributed by atoms with Crippen LogP contribution < -0.4 is 20.9 Å². The molecule has 2 aromatic carbocycles. The highest BCUT2D eigenvalue weighted by molar-refractivity contribution is 6.24. The van der Waals surface area contributed by atoms with Crippen LogP contribution in [-0.2, 0) is 25.6 Å². The molecule has 340 valence electrons. The van der Waals surface area contributed by atoms with Gasteiger partial charge in [0.05, 0.1) is 11.1 Å². The third-order valence-electron chi connectivity index (χ3n) is 12.6. The highest BCUT2D eigenvalue weighted by atomic mass is 16.2. The van der Waals surface area contributed by atoms with Crippen molar-refractivity contribution in [3.63, 3.8) is 0 Å². The molecule has 3 aliphatic heterocycles. The van der Waals surface area contributed by atoms with E-state index in [9.17, 15) is 33.6 Å². The number of pyridine rings is 1. The molecule has 65 heavy (non-hydrogen) atoms. The third-order valence-corrected chi connectivity index (χ3v) is 12.6. The number of carbonyl (C=O) groups excluding carboxylic acids is 7. The van der Waals surface area contributed by atoms with Crippen molar-refractivity contribution in [3.05, 3.63) is 99.3 Å². The number of Topliss-reactive ketones (excluding diaryl/α,β-unsaturated/α-hetero) is 2. The molecule has 4 heterocycles. The first kappa shape index (κ1) is 46.4. The Morgan fingerprint density at radius 3 is 2.42 bits per heavy atom. The zero-order valence-corrected chi connectivity index (χ0v) is 37.7. The number of piperidine rings is 1. The SMILES string of the molecule is CC1=CC(C)=C(CCC(=O)c2cc(-c3ccc(N4CCN(CCNC(=O)CCCCc5cccc6c5C(=O)N(C5CCC(=O)NC5=O)C6=O)CC4)nc3)cc(NC(C)C)c2C=N)C(=O)C1. The molecule has 0 bridgehead atoms. The lowest BCUT2D eigenvalue weighted by Crippen LogP contribution is -2.54. The van der Waals surface area contributed by atoms with Gasteiger partial charge >= 0.3 is 0 Å². The lowest BCUT2D eigenvalue weighted by Gasteiger charge is -2.35. The molecule has 1 atom stereocenters. The van der Waals surface area contributed by atoms with Crippen LogP contribution in [0.15, 0.2) is 71.5 Å². The second-order valence-electron chi connectivity index (χ2n) is 17.7. The molecule has 0 spiro atoms. The average Bonchev–Trinajstić information content (AvgIpc) is 3.53. The Balaban J connectivity index is 0.865. The van der Waals surface area contributed by atoms with Crippen LogP contribution in [0.2, 0.25) is 0 Å². The molecular formula is C50H58N8O7. The number of allylic oxidation sites excluding steroid dienone is 4. The van der Waals surface area contributed by atoms with E-state index in [0.29, 0.717) is 85.1 Å². The Bertz CT molecular complexity index is 2480. The van der Waals surface area contributed by atoms with Crippen molar-refractivity contribution in [1.29, 1.82) is 5.41 Å². The first-order valence-electron chi connectivity index (χ1n) is 22.6. The van der Waals surface area contributed by atoms with E-state index < -0.39 is 29.7 Å². The van der Waals surface area contributed by atoms with Crippen molar-refractivity contribution in [2.45, 2.75) is 97.6 Å². The fourth-order valence-electron chi connectivity index (χ4n) is 9.21. The highest BCUT2D eigenvalue weighted by Gasteiger charge is 2.45. The smallest absolute Gasteiger partial charge is 0.262 e. The number of hydrogen-bond donors (Lipinski definition) is 4. The molecule has 4 N–H and O–H groups in total. The predicted octanol–water partition coefficient (Wildman–Crippen LogP) is 5.82. The molecule has 1 aliphatic carbocycles. The number of carbonyl (C=O) groups is 7. The number of aryl methyl sites for hydroxylation is 1. The number of benzene rings is 2. The molecule has 3 aromatic rings. The summed E-state index contributed by atoms with van der Waals surface area (Å²) in [6, 6.07) is 11.9. The van der Waals surface area contributed by atoms with Gasteiger partial charge in [-0.15, -0.1) is 0 Å². The van der Waals surface area contributed by atoms with E-state index in [4.69, 9.17) is 10.4 Å². The van der Waals surface area contributed by atoms with Crippen LogP contribution in [0.4, 0.5) is 11.5 Å². The predicted molar refractivity (Wildman–Crippen MR) is 248 cm³/mol. The number of hydrogen-bond acceptors (Lipinski definition) is 12. The average molecular weight is 883 g/mol. The number of unbranched alkanes of at least 4 members (excludes halogenated alkanes) is 1. The van der Waals surface area contributed by atoms with E-state index in [0.717, 1.165) is 59.2 Å². The number of aromatic nitrogens is 1.